The van der Waals surface area contributed by atoms with Crippen LogP contribution in [0, 0.1) is 0 Å². The number of carbonyl (C=O) groups is 2. The van der Waals surface area contributed by atoms with Crippen LogP contribution in [0.1, 0.15) is 5.56 Å². The van der Waals surface area contributed by atoms with Gasteiger partial charge in [-0.25, -0.2) is 0 Å². The van der Waals surface area contributed by atoms with E-state index in [0.717, 1.165) is 5.56 Å². The monoisotopic (exact) mass is 265 g/mol. The summed E-state index contributed by atoms with van der Waals surface area (Å²) >= 11 is 0. The summed E-state index contributed by atoms with van der Waals surface area (Å²) in [6.07, 6.45) is 2.81. The molecule has 0 aliphatic carbocycles. The van der Waals surface area contributed by atoms with Crippen molar-refractivity contribution >= 4 is 18.0 Å². The first-order chi connectivity index (χ1) is 9.06. The van der Waals surface area contributed by atoms with Gasteiger partial charge in [-0.15, -0.1) is 0 Å². The van der Waals surface area contributed by atoms with Crippen LogP contribution >= 0.6 is 0 Å². The molecule has 1 aromatic rings. The summed E-state index contributed by atoms with van der Waals surface area (Å²) in [5.41, 5.74) is 0.739. The van der Waals surface area contributed by atoms with Gasteiger partial charge in [-0.3, -0.25) is 9.59 Å². The third-order valence-electron chi connectivity index (χ3n) is 2.25. The SMILES string of the molecule is COc1ccc(C=CC(=O)NCC(=O)O)cc1OC. The van der Waals surface area contributed by atoms with E-state index >= 15 is 0 Å². The van der Waals surface area contributed by atoms with Gasteiger partial charge in [0.2, 0.25) is 5.91 Å². The number of nitrogens with one attached hydrogen (secondary N) is 1. The molecule has 0 bridgehead atoms. The molecule has 6 heteroatoms. The van der Waals surface area contributed by atoms with Gasteiger partial charge in [-0.1, -0.05) is 6.07 Å². The molecular formula is C13H15NO5. The molecule has 19 heavy (non-hydrogen) atoms. The van der Waals surface area contributed by atoms with Crippen molar-refractivity contribution in [3.05, 3.63) is 29.8 Å². The van der Waals surface area contributed by atoms with Crippen molar-refractivity contribution in [3.8, 4) is 11.5 Å². The minimum absolute atomic E-state index is 0.408. The molecule has 1 rings (SSSR count). The van der Waals surface area contributed by atoms with E-state index in [9.17, 15) is 9.59 Å². The predicted octanol–water partition coefficient (Wildman–Crippen LogP) is 0.918. The number of carboxylic acids is 1. The van der Waals surface area contributed by atoms with Crippen molar-refractivity contribution in [2.45, 2.75) is 0 Å². The Bertz CT molecular complexity index is 496. The highest BCUT2D eigenvalue weighted by molar-refractivity contribution is 5.93. The number of ether oxygens (including phenoxy) is 2. The minimum Gasteiger partial charge on any atom is -0.493 e. The van der Waals surface area contributed by atoms with Crippen molar-refractivity contribution in [3.63, 3.8) is 0 Å². The lowest BCUT2D eigenvalue weighted by atomic mass is 10.2. The van der Waals surface area contributed by atoms with E-state index in [1.165, 1.54) is 20.3 Å². The number of hydrogen-bond acceptors (Lipinski definition) is 4. The lowest BCUT2D eigenvalue weighted by Gasteiger charge is -2.07. The molecule has 0 saturated heterocycles. The molecule has 6 nitrogen and oxygen atoms in total. The van der Waals surface area contributed by atoms with Crippen LogP contribution in [0.15, 0.2) is 24.3 Å². The number of benzene rings is 1. The second-order valence-corrected chi connectivity index (χ2v) is 3.56. The fourth-order valence-electron chi connectivity index (χ4n) is 1.35. The third-order valence-corrected chi connectivity index (χ3v) is 2.25. The second kappa shape index (κ2) is 7.05. The van der Waals surface area contributed by atoms with E-state index in [-0.39, 0.29) is 0 Å². The summed E-state index contributed by atoms with van der Waals surface area (Å²) in [5.74, 6) is -0.421. The van der Waals surface area contributed by atoms with Crippen LogP contribution in [-0.2, 0) is 9.59 Å². The molecule has 0 fully saturated rings. The normalized spacial score (nSPS) is 10.2. The number of carbonyl (C=O) groups excluding carboxylic acids is 1. The summed E-state index contributed by atoms with van der Waals surface area (Å²) < 4.78 is 10.2. The van der Waals surface area contributed by atoms with Crippen molar-refractivity contribution < 1.29 is 24.2 Å². The van der Waals surface area contributed by atoms with Crippen LogP contribution in [0.25, 0.3) is 6.08 Å². The van der Waals surface area contributed by atoms with Crippen molar-refractivity contribution in [1.82, 2.24) is 5.32 Å². The lowest BCUT2D eigenvalue weighted by Crippen LogP contribution is -2.27. The Morgan fingerprint density at radius 1 is 1.26 bits per heavy atom. The third kappa shape index (κ3) is 4.71. The molecule has 0 unspecified atom stereocenters. The summed E-state index contributed by atoms with van der Waals surface area (Å²) in [4.78, 5) is 21.5. The maximum atomic E-state index is 11.3. The molecule has 102 valence electrons. The first-order valence-corrected chi connectivity index (χ1v) is 5.46. The van der Waals surface area contributed by atoms with Gasteiger partial charge in [-0.2, -0.15) is 0 Å². The molecule has 0 aliphatic rings. The van der Waals surface area contributed by atoms with Crippen molar-refractivity contribution in [2.75, 3.05) is 20.8 Å². The van der Waals surface area contributed by atoms with Gasteiger partial charge >= 0.3 is 5.97 Å². The molecule has 0 heterocycles. The van der Waals surface area contributed by atoms with Gasteiger partial charge in [0.1, 0.15) is 6.54 Å². The molecule has 0 radical (unpaired) electrons. The second-order valence-electron chi connectivity index (χ2n) is 3.56. The fourth-order valence-corrected chi connectivity index (χ4v) is 1.35. The summed E-state index contributed by atoms with van der Waals surface area (Å²) in [6, 6.07) is 5.18. The van der Waals surface area contributed by atoms with Gasteiger partial charge in [-0.05, 0) is 23.8 Å². The number of methoxy groups -OCH3 is 2. The maximum absolute atomic E-state index is 11.3. The largest absolute Gasteiger partial charge is 0.493 e. The van der Waals surface area contributed by atoms with Gasteiger partial charge in [0.15, 0.2) is 11.5 Å². The molecule has 0 spiro atoms. The lowest BCUT2D eigenvalue weighted by molar-refractivity contribution is -0.137. The molecular weight excluding hydrogens is 250 g/mol. The Hall–Kier alpha value is -2.50. The van der Waals surface area contributed by atoms with Gasteiger partial charge in [0, 0.05) is 6.08 Å². The molecule has 0 atom stereocenters. The van der Waals surface area contributed by atoms with E-state index in [0.29, 0.717) is 11.5 Å². The predicted molar refractivity (Wildman–Crippen MR) is 69.2 cm³/mol. The van der Waals surface area contributed by atoms with Crippen LogP contribution in [0.2, 0.25) is 0 Å². The highest BCUT2D eigenvalue weighted by atomic mass is 16.5. The number of amides is 1. The fraction of sp³-hybridized carbons (Fsp3) is 0.231. The quantitative estimate of drug-likeness (QED) is 0.747. The van der Waals surface area contributed by atoms with E-state index in [1.54, 1.807) is 24.3 Å². The Morgan fingerprint density at radius 3 is 2.53 bits per heavy atom. The van der Waals surface area contributed by atoms with E-state index < -0.39 is 18.4 Å². The summed E-state index contributed by atoms with van der Waals surface area (Å²) in [7, 11) is 3.05. The molecule has 0 aromatic heterocycles. The first-order valence-electron chi connectivity index (χ1n) is 5.46. The summed E-state index contributed by atoms with van der Waals surface area (Å²) in [5, 5.41) is 10.6. The Balaban J connectivity index is 2.71. The maximum Gasteiger partial charge on any atom is 0.322 e. The summed E-state index contributed by atoms with van der Waals surface area (Å²) in [6.45, 7) is -0.408. The standard InChI is InChI=1S/C13H15NO5/c1-18-10-5-3-9(7-11(10)19-2)4-6-12(15)14-8-13(16)17/h3-7H,8H2,1-2H3,(H,14,15)(H,16,17). The zero-order chi connectivity index (χ0) is 14.3. The Labute approximate surface area is 110 Å². The zero-order valence-electron chi connectivity index (χ0n) is 10.7. The first kappa shape index (κ1) is 14.6. The molecule has 1 amide bonds. The Morgan fingerprint density at radius 2 is 1.95 bits per heavy atom. The van der Waals surface area contributed by atoms with Crippen LogP contribution in [0.4, 0.5) is 0 Å². The van der Waals surface area contributed by atoms with Gasteiger partial charge in [0.05, 0.1) is 14.2 Å². The van der Waals surface area contributed by atoms with E-state index in [2.05, 4.69) is 5.32 Å². The van der Waals surface area contributed by atoms with E-state index in [4.69, 9.17) is 14.6 Å². The molecule has 0 aliphatic heterocycles. The van der Waals surface area contributed by atoms with Crippen molar-refractivity contribution in [2.24, 2.45) is 0 Å². The highest BCUT2D eigenvalue weighted by Crippen LogP contribution is 2.27. The topological polar surface area (TPSA) is 84.9 Å². The van der Waals surface area contributed by atoms with Gasteiger partial charge < -0.3 is 19.9 Å². The average molecular weight is 265 g/mol. The van der Waals surface area contributed by atoms with Crippen LogP contribution in [0.5, 0.6) is 11.5 Å². The number of rotatable bonds is 6. The minimum atomic E-state index is -1.09. The van der Waals surface area contributed by atoms with Gasteiger partial charge in [0.25, 0.3) is 0 Å². The zero-order valence-corrected chi connectivity index (χ0v) is 10.7. The number of carboxylic acid groups (broad SMARTS) is 1. The molecule has 2 N–H and O–H groups in total. The number of aliphatic carboxylic acids is 1. The number of hydrogen-bond donors (Lipinski definition) is 2. The van der Waals surface area contributed by atoms with Crippen LogP contribution < -0.4 is 14.8 Å². The molecule has 0 saturated carbocycles. The van der Waals surface area contributed by atoms with Crippen LogP contribution in [-0.4, -0.2) is 37.7 Å². The average Bonchev–Trinajstić information content (AvgIpc) is 2.42. The molecule has 1 aromatic carbocycles. The van der Waals surface area contributed by atoms with Crippen molar-refractivity contribution in [1.29, 1.82) is 0 Å². The highest BCUT2D eigenvalue weighted by Gasteiger charge is 2.03. The van der Waals surface area contributed by atoms with E-state index in [1.807, 2.05) is 0 Å². The Kier molecular flexibility index (Phi) is 5.40. The van der Waals surface area contributed by atoms with Crippen LogP contribution in [0.3, 0.4) is 0 Å². The smallest absolute Gasteiger partial charge is 0.322 e.